The summed E-state index contributed by atoms with van der Waals surface area (Å²) in [7, 11) is 0. The lowest BCUT2D eigenvalue weighted by molar-refractivity contribution is 0.0945. The molecule has 0 atom stereocenters. The fourth-order valence-corrected chi connectivity index (χ4v) is 2.25. The monoisotopic (exact) mass is 290 g/mol. The van der Waals surface area contributed by atoms with Crippen molar-refractivity contribution in [1.82, 2.24) is 5.32 Å². The number of fused-ring (bicyclic) bond motifs is 1. The quantitative estimate of drug-likeness (QED) is 0.836. The fourth-order valence-electron chi connectivity index (χ4n) is 2.25. The molecule has 0 saturated carbocycles. The third kappa shape index (κ3) is 2.52. The second-order valence-corrected chi connectivity index (χ2v) is 4.74. The standard InChI is InChI=1S/C15H12F2N2O2/c16-12-5-9(18)6-13(17)14(12)21-10-2-1-8-3-4-19-15(20)11(8)7-10/h1-2,5-7H,3-4,18H2,(H,19,20). The average Bonchev–Trinajstić information content (AvgIpc) is 2.43. The van der Waals surface area contributed by atoms with Crippen molar-refractivity contribution in [1.29, 1.82) is 0 Å². The number of carbonyl (C=O) groups is 1. The van der Waals surface area contributed by atoms with Crippen LogP contribution in [-0.2, 0) is 6.42 Å². The van der Waals surface area contributed by atoms with Gasteiger partial charge in [-0.3, -0.25) is 4.79 Å². The van der Waals surface area contributed by atoms with E-state index in [1.54, 1.807) is 12.1 Å². The number of rotatable bonds is 2. The highest BCUT2D eigenvalue weighted by atomic mass is 19.1. The highest BCUT2D eigenvalue weighted by Crippen LogP contribution is 2.30. The maximum absolute atomic E-state index is 13.7. The summed E-state index contributed by atoms with van der Waals surface area (Å²) in [6, 6.07) is 6.72. The third-order valence-corrected chi connectivity index (χ3v) is 3.25. The van der Waals surface area contributed by atoms with Crippen molar-refractivity contribution in [2.45, 2.75) is 6.42 Å². The van der Waals surface area contributed by atoms with Crippen molar-refractivity contribution in [3.63, 3.8) is 0 Å². The zero-order valence-electron chi connectivity index (χ0n) is 11.0. The molecule has 21 heavy (non-hydrogen) atoms. The van der Waals surface area contributed by atoms with Crippen LogP contribution in [0.25, 0.3) is 0 Å². The van der Waals surface area contributed by atoms with Crippen molar-refractivity contribution in [2.24, 2.45) is 0 Å². The Kier molecular flexibility index (Phi) is 3.21. The molecule has 1 aliphatic rings. The minimum Gasteiger partial charge on any atom is -0.451 e. The lowest BCUT2D eigenvalue weighted by Crippen LogP contribution is -2.31. The summed E-state index contributed by atoms with van der Waals surface area (Å²) in [5.41, 5.74) is 6.65. The van der Waals surface area contributed by atoms with Gasteiger partial charge in [-0.05, 0) is 24.1 Å². The van der Waals surface area contributed by atoms with Crippen LogP contribution in [0, 0.1) is 11.6 Å². The van der Waals surface area contributed by atoms with Gasteiger partial charge < -0.3 is 15.8 Å². The van der Waals surface area contributed by atoms with Gasteiger partial charge in [0.05, 0.1) is 0 Å². The molecular weight excluding hydrogens is 278 g/mol. The van der Waals surface area contributed by atoms with E-state index in [4.69, 9.17) is 10.5 Å². The molecule has 2 aromatic carbocycles. The first-order valence-corrected chi connectivity index (χ1v) is 6.38. The van der Waals surface area contributed by atoms with Gasteiger partial charge in [0.2, 0.25) is 0 Å². The molecule has 1 amide bonds. The van der Waals surface area contributed by atoms with Crippen LogP contribution in [0.4, 0.5) is 14.5 Å². The van der Waals surface area contributed by atoms with E-state index in [-0.39, 0.29) is 17.3 Å². The second kappa shape index (κ2) is 5.05. The topological polar surface area (TPSA) is 64.3 Å². The van der Waals surface area contributed by atoms with Gasteiger partial charge >= 0.3 is 0 Å². The number of carbonyl (C=O) groups excluding carboxylic acids is 1. The van der Waals surface area contributed by atoms with E-state index in [1.165, 1.54) is 6.07 Å². The van der Waals surface area contributed by atoms with Gasteiger partial charge in [-0.1, -0.05) is 6.07 Å². The molecule has 0 unspecified atom stereocenters. The Labute approximate surface area is 119 Å². The zero-order chi connectivity index (χ0) is 15.0. The Balaban J connectivity index is 1.96. The van der Waals surface area contributed by atoms with E-state index >= 15 is 0 Å². The predicted molar refractivity (Wildman–Crippen MR) is 73.3 cm³/mol. The van der Waals surface area contributed by atoms with Crippen molar-refractivity contribution in [3.05, 3.63) is 53.1 Å². The van der Waals surface area contributed by atoms with Gasteiger partial charge in [0.15, 0.2) is 17.4 Å². The number of hydrogen-bond donors (Lipinski definition) is 2. The summed E-state index contributed by atoms with van der Waals surface area (Å²) in [5, 5.41) is 2.70. The van der Waals surface area contributed by atoms with Crippen molar-refractivity contribution >= 4 is 11.6 Å². The summed E-state index contributed by atoms with van der Waals surface area (Å²) >= 11 is 0. The van der Waals surface area contributed by atoms with Gasteiger partial charge in [-0.25, -0.2) is 8.78 Å². The number of nitrogens with one attached hydrogen (secondary N) is 1. The van der Waals surface area contributed by atoms with Crippen molar-refractivity contribution < 1.29 is 18.3 Å². The number of ether oxygens (including phenoxy) is 1. The molecule has 4 nitrogen and oxygen atoms in total. The number of nitrogens with two attached hydrogens (primary N) is 1. The summed E-state index contributed by atoms with van der Waals surface area (Å²) in [6.45, 7) is 0.577. The second-order valence-electron chi connectivity index (χ2n) is 4.74. The first kappa shape index (κ1) is 13.4. The number of hydrogen-bond acceptors (Lipinski definition) is 3. The Morgan fingerprint density at radius 3 is 2.57 bits per heavy atom. The van der Waals surface area contributed by atoms with E-state index in [2.05, 4.69) is 5.32 Å². The minimum atomic E-state index is -0.894. The minimum absolute atomic E-state index is 0.0258. The summed E-state index contributed by atoms with van der Waals surface area (Å²) in [5.74, 6) is -2.36. The lowest BCUT2D eigenvalue weighted by Gasteiger charge is -2.17. The molecule has 0 aliphatic carbocycles. The van der Waals surface area contributed by atoms with Crippen LogP contribution in [-0.4, -0.2) is 12.5 Å². The number of benzene rings is 2. The normalized spacial score (nSPS) is 13.5. The summed E-state index contributed by atoms with van der Waals surface area (Å²) < 4.78 is 32.6. The molecule has 0 aromatic heterocycles. The van der Waals surface area contributed by atoms with Crippen LogP contribution < -0.4 is 15.8 Å². The molecule has 2 aromatic rings. The van der Waals surface area contributed by atoms with E-state index in [9.17, 15) is 13.6 Å². The third-order valence-electron chi connectivity index (χ3n) is 3.25. The first-order valence-electron chi connectivity index (χ1n) is 6.38. The molecule has 1 heterocycles. The number of halogens is 2. The van der Waals surface area contributed by atoms with Crippen LogP contribution in [0.5, 0.6) is 11.5 Å². The average molecular weight is 290 g/mol. The Morgan fingerprint density at radius 2 is 1.86 bits per heavy atom. The number of anilines is 1. The highest BCUT2D eigenvalue weighted by molar-refractivity contribution is 5.97. The first-order chi connectivity index (χ1) is 10.0. The van der Waals surface area contributed by atoms with Gasteiger partial charge in [0.1, 0.15) is 5.75 Å². The smallest absolute Gasteiger partial charge is 0.251 e. The molecule has 3 N–H and O–H groups in total. The molecule has 6 heteroatoms. The number of nitrogen functional groups attached to an aromatic ring is 1. The molecule has 1 aliphatic heterocycles. The summed E-state index contributed by atoms with van der Waals surface area (Å²) in [4.78, 5) is 11.7. The highest BCUT2D eigenvalue weighted by Gasteiger charge is 2.19. The Hall–Kier alpha value is -2.63. The van der Waals surface area contributed by atoms with Gasteiger partial charge in [-0.2, -0.15) is 0 Å². The zero-order valence-corrected chi connectivity index (χ0v) is 11.0. The number of amides is 1. The predicted octanol–water partition coefficient (Wildman–Crippen LogP) is 2.63. The Morgan fingerprint density at radius 1 is 1.14 bits per heavy atom. The van der Waals surface area contributed by atoms with Gasteiger partial charge in [0, 0.05) is 29.9 Å². The molecule has 0 spiro atoms. The SMILES string of the molecule is Nc1cc(F)c(Oc2ccc3c(c2)C(=O)NCC3)c(F)c1. The maximum atomic E-state index is 13.7. The molecule has 0 fully saturated rings. The van der Waals surface area contributed by atoms with E-state index in [1.807, 2.05) is 0 Å². The maximum Gasteiger partial charge on any atom is 0.251 e. The lowest BCUT2D eigenvalue weighted by atomic mass is 10.0. The fraction of sp³-hybridized carbons (Fsp3) is 0.133. The van der Waals surface area contributed by atoms with Crippen LogP contribution in [0.2, 0.25) is 0 Å². The molecule has 0 bridgehead atoms. The summed E-state index contributed by atoms with van der Waals surface area (Å²) in [6.07, 6.45) is 0.714. The van der Waals surface area contributed by atoms with E-state index < -0.39 is 17.4 Å². The molecule has 108 valence electrons. The van der Waals surface area contributed by atoms with Crippen LogP contribution >= 0.6 is 0 Å². The van der Waals surface area contributed by atoms with Crippen LogP contribution in [0.15, 0.2) is 30.3 Å². The van der Waals surface area contributed by atoms with Crippen molar-refractivity contribution in [2.75, 3.05) is 12.3 Å². The molecule has 0 radical (unpaired) electrons. The van der Waals surface area contributed by atoms with Crippen LogP contribution in [0.3, 0.4) is 0 Å². The van der Waals surface area contributed by atoms with Gasteiger partial charge in [0.25, 0.3) is 5.91 Å². The molecule has 3 rings (SSSR count). The van der Waals surface area contributed by atoms with E-state index in [0.29, 0.717) is 18.5 Å². The van der Waals surface area contributed by atoms with E-state index in [0.717, 1.165) is 17.7 Å². The van der Waals surface area contributed by atoms with Crippen molar-refractivity contribution in [3.8, 4) is 11.5 Å². The van der Waals surface area contributed by atoms with Gasteiger partial charge in [-0.15, -0.1) is 0 Å². The Bertz CT molecular complexity index is 709. The molecular formula is C15H12F2N2O2. The molecule has 0 saturated heterocycles. The largest absolute Gasteiger partial charge is 0.451 e. The van der Waals surface area contributed by atoms with Crippen LogP contribution in [0.1, 0.15) is 15.9 Å².